The second-order valence-corrected chi connectivity index (χ2v) is 5.13. The number of aliphatic hydroxyl groups excluding tert-OH is 2. The van der Waals surface area contributed by atoms with Crippen LogP contribution in [-0.2, 0) is 6.61 Å². The van der Waals surface area contributed by atoms with E-state index in [9.17, 15) is 5.11 Å². The van der Waals surface area contributed by atoms with E-state index in [1.165, 1.54) is 0 Å². The summed E-state index contributed by atoms with van der Waals surface area (Å²) in [4.78, 5) is 2.11. The van der Waals surface area contributed by atoms with Gasteiger partial charge in [0.05, 0.1) is 23.4 Å². The predicted octanol–water partition coefficient (Wildman–Crippen LogP) is 2.04. The highest BCUT2D eigenvalue weighted by Crippen LogP contribution is 2.30. The molecular formula is C13H18ClNO2. The van der Waals surface area contributed by atoms with Crippen molar-refractivity contribution in [2.75, 3.05) is 18.0 Å². The normalized spacial score (nSPS) is 25.1. The lowest BCUT2D eigenvalue weighted by Crippen LogP contribution is -2.43. The Morgan fingerprint density at radius 2 is 2.24 bits per heavy atom. The molecule has 1 saturated heterocycles. The van der Waals surface area contributed by atoms with Gasteiger partial charge in [0.2, 0.25) is 0 Å². The number of hydrogen-bond donors (Lipinski definition) is 2. The number of β-amino-alcohol motifs (C(OH)–C–C–N with tert-alkyl or cyclic N) is 1. The minimum Gasteiger partial charge on any atom is -0.392 e. The van der Waals surface area contributed by atoms with E-state index in [0.29, 0.717) is 17.5 Å². The minimum absolute atomic E-state index is 0.000338. The summed E-state index contributed by atoms with van der Waals surface area (Å²) in [5, 5.41) is 19.5. The van der Waals surface area contributed by atoms with E-state index in [1.807, 2.05) is 12.1 Å². The molecule has 2 unspecified atom stereocenters. The average molecular weight is 256 g/mol. The van der Waals surface area contributed by atoms with Crippen LogP contribution in [-0.4, -0.2) is 29.4 Å². The molecule has 94 valence electrons. The monoisotopic (exact) mass is 255 g/mol. The molecule has 0 bridgehead atoms. The van der Waals surface area contributed by atoms with Crippen LogP contribution in [0.15, 0.2) is 18.2 Å². The second-order valence-electron chi connectivity index (χ2n) is 4.72. The fraction of sp³-hybridized carbons (Fsp3) is 0.538. The zero-order valence-electron chi connectivity index (χ0n) is 9.93. The Morgan fingerprint density at radius 1 is 1.47 bits per heavy atom. The van der Waals surface area contributed by atoms with Gasteiger partial charge in [-0.3, -0.25) is 0 Å². The number of nitrogens with zero attached hydrogens (tertiary/aromatic N) is 1. The molecule has 0 spiro atoms. The van der Waals surface area contributed by atoms with Gasteiger partial charge in [-0.2, -0.15) is 0 Å². The van der Waals surface area contributed by atoms with Crippen LogP contribution in [0.25, 0.3) is 0 Å². The SMILES string of the molecule is CC1CCN(c2ccc(CO)cc2Cl)CC1O. The summed E-state index contributed by atoms with van der Waals surface area (Å²) in [6.45, 7) is 3.61. The third kappa shape index (κ3) is 2.73. The molecule has 17 heavy (non-hydrogen) atoms. The number of benzene rings is 1. The quantitative estimate of drug-likeness (QED) is 0.850. The van der Waals surface area contributed by atoms with Crippen molar-refractivity contribution in [1.29, 1.82) is 0 Å². The highest BCUT2D eigenvalue weighted by molar-refractivity contribution is 6.33. The predicted molar refractivity (Wildman–Crippen MR) is 69.4 cm³/mol. The van der Waals surface area contributed by atoms with Gasteiger partial charge < -0.3 is 15.1 Å². The van der Waals surface area contributed by atoms with E-state index in [-0.39, 0.29) is 12.7 Å². The Morgan fingerprint density at radius 3 is 2.82 bits per heavy atom. The highest BCUT2D eigenvalue weighted by atomic mass is 35.5. The van der Waals surface area contributed by atoms with Crippen molar-refractivity contribution in [3.05, 3.63) is 28.8 Å². The van der Waals surface area contributed by atoms with E-state index < -0.39 is 0 Å². The third-order valence-electron chi connectivity index (χ3n) is 3.45. The van der Waals surface area contributed by atoms with Crippen LogP contribution in [0.1, 0.15) is 18.9 Å². The van der Waals surface area contributed by atoms with E-state index in [4.69, 9.17) is 16.7 Å². The summed E-state index contributed by atoms with van der Waals surface area (Å²) in [6.07, 6.45) is 0.677. The number of halogens is 1. The van der Waals surface area contributed by atoms with Crippen LogP contribution in [0.3, 0.4) is 0 Å². The lowest BCUT2D eigenvalue weighted by Gasteiger charge is -2.36. The molecule has 4 heteroatoms. The Balaban J connectivity index is 2.17. The Kier molecular flexibility index (Phi) is 3.92. The van der Waals surface area contributed by atoms with Crippen molar-refractivity contribution >= 4 is 17.3 Å². The Hall–Kier alpha value is -0.770. The van der Waals surface area contributed by atoms with Gasteiger partial charge in [0, 0.05) is 13.1 Å². The maximum atomic E-state index is 9.88. The van der Waals surface area contributed by atoms with Crippen LogP contribution in [0.5, 0.6) is 0 Å². The Labute approximate surface area is 107 Å². The van der Waals surface area contributed by atoms with E-state index in [1.54, 1.807) is 6.07 Å². The van der Waals surface area contributed by atoms with E-state index in [0.717, 1.165) is 24.2 Å². The standard InChI is InChI=1S/C13H18ClNO2/c1-9-4-5-15(7-13(9)17)12-3-2-10(8-16)6-11(12)14/h2-3,6,9,13,16-17H,4-5,7-8H2,1H3. The van der Waals surface area contributed by atoms with Gasteiger partial charge in [-0.25, -0.2) is 0 Å². The van der Waals surface area contributed by atoms with Crippen LogP contribution in [0.4, 0.5) is 5.69 Å². The topological polar surface area (TPSA) is 43.7 Å². The molecule has 2 atom stereocenters. The summed E-state index contributed by atoms with van der Waals surface area (Å²) >= 11 is 6.19. The van der Waals surface area contributed by atoms with Gasteiger partial charge in [0.15, 0.2) is 0 Å². The van der Waals surface area contributed by atoms with Crippen molar-refractivity contribution in [2.45, 2.75) is 26.1 Å². The lowest BCUT2D eigenvalue weighted by atomic mass is 9.95. The summed E-state index contributed by atoms with van der Waals surface area (Å²) in [6, 6.07) is 5.56. The molecule has 1 fully saturated rings. The van der Waals surface area contributed by atoms with E-state index >= 15 is 0 Å². The van der Waals surface area contributed by atoms with Crippen molar-refractivity contribution in [3.8, 4) is 0 Å². The molecule has 1 heterocycles. The molecule has 1 aliphatic rings. The first-order valence-electron chi connectivity index (χ1n) is 5.94. The molecule has 1 aliphatic heterocycles. The first-order chi connectivity index (χ1) is 8.11. The van der Waals surface area contributed by atoms with E-state index in [2.05, 4.69) is 11.8 Å². The first-order valence-corrected chi connectivity index (χ1v) is 6.32. The highest BCUT2D eigenvalue weighted by Gasteiger charge is 2.25. The molecule has 1 aromatic rings. The number of hydrogen-bond acceptors (Lipinski definition) is 3. The minimum atomic E-state index is -0.294. The molecular weight excluding hydrogens is 238 g/mol. The van der Waals surface area contributed by atoms with Crippen molar-refractivity contribution < 1.29 is 10.2 Å². The molecule has 0 amide bonds. The third-order valence-corrected chi connectivity index (χ3v) is 3.76. The van der Waals surface area contributed by atoms with Crippen LogP contribution >= 0.6 is 11.6 Å². The second kappa shape index (κ2) is 5.25. The number of piperidine rings is 1. The molecule has 2 N–H and O–H groups in total. The lowest BCUT2D eigenvalue weighted by molar-refractivity contribution is 0.103. The Bertz CT molecular complexity index is 397. The van der Waals surface area contributed by atoms with Crippen LogP contribution < -0.4 is 4.90 Å². The fourth-order valence-corrected chi connectivity index (χ4v) is 2.50. The first kappa shape index (κ1) is 12.7. The zero-order valence-corrected chi connectivity index (χ0v) is 10.7. The molecule has 1 aromatic carbocycles. The van der Waals surface area contributed by atoms with Gasteiger partial charge in [-0.05, 0) is 30.0 Å². The maximum absolute atomic E-state index is 9.88. The fourth-order valence-electron chi connectivity index (χ4n) is 2.17. The van der Waals surface area contributed by atoms with Crippen LogP contribution in [0.2, 0.25) is 5.02 Å². The molecule has 0 radical (unpaired) electrons. The van der Waals surface area contributed by atoms with Gasteiger partial charge in [0.1, 0.15) is 0 Å². The molecule has 3 nitrogen and oxygen atoms in total. The average Bonchev–Trinajstić information content (AvgIpc) is 2.32. The molecule has 0 aromatic heterocycles. The largest absolute Gasteiger partial charge is 0.392 e. The van der Waals surface area contributed by atoms with Crippen molar-refractivity contribution in [2.24, 2.45) is 5.92 Å². The summed E-state index contributed by atoms with van der Waals surface area (Å²) < 4.78 is 0. The zero-order chi connectivity index (χ0) is 12.4. The van der Waals surface area contributed by atoms with Gasteiger partial charge >= 0.3 is 0 Å². The van der Waals surface area contributed by atoms with Gasteiger partial charge in [0.25, 0.3) is 0 Å². The van der Waals surface area contributed by atoms with Crippen molar-refractivity contribution in [1.82, 2.24) is 0 Å². The summed E-state index contributed by atoms with van der Waals surface area (Å²) in [7, 11) is 0. The number of rotatable bonds is 2. The molecule has 0 saturated carbocycles. The molecule has 0 aliphatic carbocycles. The number of aliphatic hydroxyl groups is 2. The van der Waals surface area contributed by atoms with Gasteiger partial charge in [-0.1, -0.05) is 24.6 Å². The van der Waals surface area contributed by atoms with Crippen LogP contribution in [0, 0.1) is 5.92 Å². The smallest absolute Gasteiger partial charge is 0.0741 e. The number of anilines is 1. The van der Waals surface area contributed by atoms with Crippen molar-refractivity contribution in [3.63, 3.8) is 0 Å². The van der Waals surface area contributed by atoms with Gasteiger partial charge in [-0.15, -0.1) is 0 Å². The summed E-state index contributed by atoms with van der Waals surface area (Å²) in [5.41, 5.74) is 1.75. The summed E-state index contributed by atoms with van der Waals surface area (Å²) in [5.74, 6) is 0.349. The molecule has 2 rings (SSSR count). The maximum Gasteiger partial charge on any atom is 0.0741 e.